The lowest BCUT2D eigenvalue weighted by Crippen LogP contribution is -2.30. The highest BCUT2D eigenvalue weighted by atomic mass is 16.5. The zero-order valence-electron chi connectivity index (χ0n) is 13.5. The third kappa shape index (κ3) is 8.84. The second kappa shape index (κ2) is 11.3. The van der Waals surface area contributed by atoms with E-state index in [2.05, 4.69) is 11.3 Å². The molecule has 1 aliphatic carbocycles. The maximum atomic E-state index is 10.6. The Kier molecular flexibility index (Phi) is 9.86. The van der Waals surface area contributed by atoms with Crippen LogP contribution < -0.4 is 5.32 Å². The number of hydrogen-bond acceptors (Lipinski definition) is 6. The standard InChI is InChI=1S/C8H10O4.C4H3NO2.C4H6O2/c9-7(10)5-3-1-2-4-6(5)8(11)12;6-3-1-2-4(7)5-3;1-3-4(5)6-2/h1,3,5-6H,2,4H2,(H,9,10)(H,11,12);1-2H,(H,5,6,7);3H,1H2,2H3. The normalized spacial score (nSPS) is 20.2. The van der Waals surface area contributed by atoms with Crippen molar-refractivity contribution in [1.29, 1.82) is 0 Å². The van der Waals surface area contributed by atoms with Crippen molar-refractivity contribution in [3.05, 3.63) is 37.0 Å². The van der Waals surface area contributed by atoms with Crippen LogP contribution in [0.5, 0.6) is 0 Å². The van der Waals surface area contributed by atoms with Crippen LogP contribution in [0.25, 0.3) is 0 Å². The minimum absolute atomic E-state index is 0.329. The van der Waals surface area contributed by atoms with Gasteiger partial charge in [-0.25, -0.2) is 4.79 Å². The van der Waals surface area contributed by atoms with Crippen molar-refractivity contribution in [1.82, 2.24) is 5.32 Å². The Morgan fingerprint density at radius 2 is 1.76 bits per heavy atom. The topological polar surface area (TPSA) is 147 Å². The third-order valence-corrected chi connectivity index (χ3v) is 3.02. The van der Waals surface area contributed by atoms with E-state index in [1.165, 1.54) is 25.3 Å². The second-order valence-corrected chi connectivity index (χ2v) is 4.73. The van der Waals surface area contributed by atoms with Gasteiger partial charge >= 0.3 is 17.9 Å². The molecule has 2 aliphatic rings. The van der Waals surface area contributed by atoms with Crippen LogP contribution in [0, 0.1) is 11.8 Å². The molecule has 0 aromatic rings. The summed E-state index contributed by atoms with van der Waals surface area (Å²) in [5.41, 5.74) is 0. The van der Waals surface area contributed by atoms with Gasteiger partial charge in [0.1, 0.15) is 0 Å². The first-order valence-electron chi connectivity index (χ1n) is 7.08. The molecule has 2 rings (SSSR count). The Hall–Kier alpha value is -3.23. The summed E-state index contributed by atoms with van der Waals surface area (Å²) in [5.74, 6) is -4.74. The fourth-order valence-electron chi connectivity index (χ4n) is 1.80. The molecule has 1 aliphatic heterocycles. The van der Waals surface area contributed by atoms with Gasteiger partial charge in [-0.1, -0.05) is 18.7 Å². The highest BCUT2D eigenvalue weighted by Gasteiger charge is 2.32. The average Bonchev–Trinajstić information content (AvgIpc) is 2.98. The molecule has 136 valence electrons. The van der Waals surface area contributed by atoms with Crippen molar-refractivity contribution in [3.63, 3.8) is 0 Å². The zero-order chi connectivity index (χ0) is 19.4. The minimum atomic E-state index is -1.06. The maximum absolute atomic E-state index is 10.6. The quantitative estimate of drug-likeness (QED) is 0.284. The monoisotopic (exact) mass is 353 g/mol. The maximum Gasteiger partial charge on any atom is 0.329 e. The number of esters is 1. The lowest BCUT2D eigenvalue weighted by atomic mass is 9.84. The van der Waals surface area contributed by atoms with Crippen LogP contribution in [0.4, 0.5) is 0 Å². The van der Waals surface area contributed by atoms with Crippen LogP contribution in [0.3, 0.4) is 0 Å². The molecule has 9 heteroatoms. The number of carbonyl (C=O) groups is 5. The van der Waals surface area contributed by atoms with Gasteiger partial charge in [-0.15, -0.1) is 0 Å². The first kappa shape index (κ1) is 21.8. The SMILES string of the molecule is C=CC(=O)OC.O=C(O)C1C=CCCC1C(=O)O.O=C1C=CC(=O)N1. The van der Waals surface area contributed by atoms with Gasteiger partial charge in [-0.3, -0.25) is 24.5 Å². The number of methoxy groups -OCH3 is 1. The molecule has 2 amide bonds. The smallest absolute Gasteiger partial charge is 0.329 e. The number of ether oxygens (including phenoxy) is 1. The van der Waals surface area contributed by atoms with Gasteiger partial charge < -0.3 is 14.9 Å². The van der Waals surface area contributed by atoms with E-state index in [0.29, 0.717) is 12.8 Å². The Bertz CT molecular complexity index is 589. The van der Waals surface area contributed by atoms with E-state index in [1.54, 1.807) is 6.08 Å². The number of allylic oxidation sites excluding steroid dienone is 1. The molecular weight excluding hydrogens is 334 g/mol. The summed E-state index contributed by atoms with van der Waals surface area (Å²) in [5, 5.41) is 19.3. The highest BCUT2D eigenvalue weighted by Crippen LogP contribution is 2.24. The van der Waals surface area contributed by atoms with Crippen LogP contribution in [0.1, 0.15) is 12.8 Å². The largest absolute Gasteiger partial charge is 0.481 e. The van der Waals surface area contributed by atoms with Gasteiger partial charge in [-0.05, 0) is 12.8 Å². The Morgan fingerprint density at radius 1 is 1.20 bits per heavy atom. The molecular formula is C16H19NO8. The van der Waals surface area contributed by atoms with Gasteiger partial charge in [0.25, 0.3) is 11.8 Å². The number of amides is 2. The first-order valence-corrected chi connectivity index (χ1v) is 7.08. The Morgan fingerprint density at radius 3 is 2.00 bits per heavy atom. The summed E-state index contributed by atoms with van der Waals surface area (Å²) in [7, 11) is 1.31. The molecule has 9 nitrogen and oxygen atoms in total. The van der Waals surface area contributed by atoms with Crippen LogP contribution in [0.15, 0.2) is 37.0 Å². The minimum Gasteiger partial charge on any atom is -0.481 e. The molecule has 3 N–H and O–H groups in total. The fourth-order valence-corrected chi connectivity index (χ4v) is 1.80. The summed E-state index contributed by atoms with van der Waals surface area (Å²) in [6, 6.07) is 0. The molecule has 0 aromatic carbocycles. The number of hydrogen-bond donors (Lipinski definition) is 3. The van der Waals surface area contributed by atoms with Gasteiger partial charge in [0.2, 0.25) is 0 Å². The van der Waals surface area contributed by atoms with Gasteiger partial charge in [-0.2, -0.15) is 0 Å². The molecule has 0 spiro atoms. The molecule has 0 bridgehead atoms. The summed E-state index contributed by atoms with van der Waals surface area (Å²) in [6.45, 7) is 3.16. The highest BCUT2D eigenvalue weighted by molar-refractivity contribution is 6.12. The van der Waals surface area contributed by atoms with E-state index >= 15 is 0 Å². The number of rotatable bonds is 3. The molecule has 0 fully saturated rings. The van der Waals surface area contributed by atoms with E-state index in [-0.39, 0.29) is 11.8 Å². The number of imide groups is 1. The second-order valence-electron chi connectivity index (χ2n) is 4.73. The van der Waals surface area contributed by atoms with Gasteiger partial charge in [0.05, 0.1) is 18.9 Å². The molecule has 2 atom stereocenters. The van der Waals surface area contributed by atoms with Crippen LogP contribution in [-0.4, -0.2) is 47.0 Å². The van der Waals surface area contributed by atoms with Crippen molar-refractivity contribution in [3.8, 4) is 0 Å². The summed E-state index contributed by atoms with van der Waals surface area (Å²) >= 11 is 0. The van der Waals surface area contributed by atoms with Crippen LogP contribution >= 0.6 is 0 Å². The molecule has 0 aromatic heterocycles. The molecule has 25 heavy (non-hydrogen) atoms. The first-order chi connectivity index (χ1) is 11.7. The van der Waals surface area contributed by atoms with Gasteiger partial charge in [0, 0.05) is 18.2 Å². The predicted octanol–water partition coefficient (Wildman–Crippen LogP) is 0.282. The summed E-state index contributed by atoms with van der Waals surface area (Å²) in [4.78, 5) is 51.0. The van der Waals surface area contributed by atoms with E-state index in [9.17, 15) is 24.0 Å². The van der Waals surface area contributed by atoms with E-state index in [0.717, 1.165) is 6.08 Å². The fraction of sp³-hybridized carbons (Fsp3) is 0.312. The number of carboxylic acid groups (broad SMARTS) is 2. The third-order valence-electron chi connectivity index (χ3n) is 3.02. The molecule has 0 saturated carbocycles. The average molecular weight is 353 g/mol. The van der Waals surface area contributed by atoms with E-state index in [1.807, 2.05) is 5.32 Å². The molecule has 1 heterocycles. The number of carboxylic acids is 2. The Labute approximate surface area is 143 Å². The van der Waals surface area contributed by atoms with Crippen molar-refractivity contribution in [2.24, 2.45) is 11.8 Å². The predicted molar refractivity (Wildman–Crippen MR) is 85.1 cm³/mol. The molecule has 0 saturated heterocycles. The van der Waals surface area contributed by atoms with E-state index < -0.39 is 29.7 Å². The van der Waals surface area contributed by atoms with E-state index in [4.69, 9.17) is 10.2 Å². The summed E-state index contributed by atoms with van der Waals surface area (Å²) in [6.07, 6.45) is 7.76. The number of aliphatic carboxylic acids is 2. The van der Waals surface area contributed by atoms with Gasteiger partial charge in [0.15, 0.2) is 0 Å². The lowest BCUT2D eigenvalue weighted by Gasteiger charge is -2.19. The zero-order valence-corrected chi connectivity index (χ0v) is 13.5. The van der Waals surface area contributed by atoms with Crippen molar-refractivity contribution >= 4 is 29.7 Å². The van der Waals surface area contributed by atoms with Crippen LogP contribution in [-0.2, 0) is 28.7 Å². The Balaban J connectivity index is 0.000000378. The van der Waals surface area contributed by atoms with Crippen molar-refractivity contribution in [2.75, 3.05) is 7.11 Å². The summed E-state index contributed by atoms with van der Waals surface area (Å²) < 4.78 is 4.14. The lowest BCUT2D eigenvalue weighted by molar-refractivity contribution is -0.152. The van der Waals surface area contributed by atoms with Crippen LogP contribution in [0.2, 0.25) is 0 Å². The molecule has 0 radical (unpaired) electrons. The number of nitrogens with one attached hydrogen (secondary N) is 1. The van der Waals surface area contributed by atoms with Crippen molar-refractivity contribution < 1.29 is 38.9 Å². The number of carbonyl (C=O) groups excluding carboxylic acids is 3. The molecule has 2 unspecified atom stereocenters. The van der Waals surface area contributed by atoms with Crippen molar-refractivity contribution in [2.45, 2.75) is 12.8 Å².